The van der Waals surface area contributed by atoms with Crippen LogP contribution < -0.4 is 15.8 Å². The summed E-state index contributed by atoms with van der Waals surface area (Å²) in [6, 6.07) is 3.38. The maximum absolute atomic E-state index is 13.0. The summed E-state index contributed by atoms with van der Waals surface area (Å²) in [5.41, 5.74) is 7.56. The zero-order valence-electron chi connectivity index (χ0n) is 15.2. The zero-order valence-corrected chi connectivity index (χ0v) is 16.8. The molecule has 0 spiro atoms. The van der Waals surface area contributed by atoms with Gasteiger partial charge in [-0.25, -0.2) is 4.98 Å². The molecule has 2 bridgehead atoms. The van der Waals surface area contributed by atoms with Crippen molar-refractivity contribution >= 4 is 34.5 Å². The quantitative estimate of drug-likeness (QED) is 0.746. The lowest BCUT2D eigenvalue weighted by Crippen LogP contribution is -2.57. The fourth-order valence-corrected chi connectivity index (χ4v) is 4.63. The number of piperidine rings is 3. The molecule has 3 aliphatic rings. The third kappa shape index (κ3) is 4.05. The Labute approximate surface area is 167 Å². The van der Waals surface area contributed by atoms with Gasteiger partial charge in [-0.3, -0.25) is 4.79 Å². The van der Waals surface area contributed by atoms with Crippen LogP contribution in [0.3, 0.4) is 0 Å². The van der Waals surface area contributed by atoms with Gasteiger partial charge >= 0.3 is 0 Å². The molecule has 8 heteroatoms. The molecule has 3 fully saturated rings. The SMILES string of the molecule is Cc1nc(COc2cc(N)c(Cl)cc2C(=O)N[C@H]2CN3CCC2CC3)cs1. The number of carbonyl (C=O) groups excluding carboxylic acids is 1. The lowest BCUT2D eigenvalue weighted by atomic mass is 9.84. The van der Waals surface area contributed by atoms with E-state index in [9.17, 15) is 4.79 Å². The number of nitrogens with one attached hydrogen (secondary N) is 1. The molecule has 0 radical (unpaired) electrons. The number of amides is 1. The van der Waals surface area contributed by atoms with E-state index >= 15 is 0 Å². The molecule has 0 aliphatic carbocycles. The van der Waals surface area contributed by atoms with Crippen LogP contribution in [0.5, 0.6) is 5.75 Å². The van der Waals surface area contributed by atoms with Crippen molar-refractivity contribution in [2.75, 3.05) is 25.4 Å². The van der Waals surface area contributed by atoms with Gasteiger partial charge in [0.15, 0.2) is 0 Å². The molecule has 0 unspecified atom stereocenters. The molecule has 0 saturated carbocycles. The van der Waals surface area contributed by atoms with Gasteiger partial charge in [0.05, 0.1) is 27.0 Å². The van der Waals surface area contributed by atoms with E-state index < -0.39 is 0 Å². The third-order valence-corrected chi connectivity index (χ3v) is 6.51. The Morgan fingerprint density at radius 2 is 2.22 bits per heavy atom. The number of thiazole rings is 1. The number of hydrogen-bond donors (Lipinski definition) is 2. The van der Waals surface area contributed by atoms with Gasteiger partial charge in [-0.15, -0.1) is 11.3 Å². The Balaban J connectivity index is 1.51. The van der Waals surface area contributed by atoms with Gasteiger partial charge in [-0.1, -0.05) is 11.6 Å². The van der Waals surface area contributed by atoms with Crippen molar-refractivity contribution in [1.82, 2.24) is 15.2 Å². The van der Waals surface area contributed by atoms with Crippen LogP contribution in [0.1, 0.15) is 33.9 Å². The Hall–Kier alpha value is -1.83. The molecule has 4 heterocycles. The van der Waals surface area contributed by atoms with Crippen molar-refractivity contribution in [3.63, 3.8) is 0 Å². The van der Waals surface area contributed by atoms with E-state index in [1.807, 2.05) is 12.3 Å². The first-order chi connectivity index (χ1) is 13.0. The Morgan fingerprint density at radius 1 is 1.44 bits per heavy atom. The summed E-state index contributed by atoms with van der Waals surface area (Å²) in [5, 5.41) is 6.46. The van der Waals surface area contributed by atoms with Gasteiger partial charge in [0, 0.05) is 24.0 Å². The van der Waals surface area contributed by atoms with E-state index in [2.05, 4.69) is 15.2 Å². The van der Waals surface area contributed by atoms with Crippen LogP contribution in [0.4, 0.5) is 5.69 Å². The van der Waals surface area contributed by atoms with Gasteiger partial charge in [-0.2, -0.15) is 0 Å². The number of halogens is 1. The molecular weight excluding hydrogens is 384 g/mol. The lowest BCUT2D eigenvalue weighted by molar-refractivity contribution is 0.0618. The Bertz CT molecular complexity index is 848. The highest BCUT2D eigenvalue weighted by molar-refractivity contribution is 7.09. The number of nitrogens with two attached hydrogens (primary N) is 1. The van der Waals surface area contributed by atoms with E-state index in [4.69, 9.17) is 22.1 Å². The standard InChI is InChI=1S/C19H23ClN4O2S/c1-11-22-13(10-27-11)9-26-18-7-16(21)15(20)6-14(18)19(25)23-17-8-24-4-2-12(17)3-5-24/h6-7,10,12,17H,2-5,8-9,21H2,1H3,(H,23,25)/t17-/m0/s1. The molecule has 2 aromatic rings. The van der Waals surface area contributed by atoms with Crippen LogP contribution >= 0.6 is 22.9 Å². The number of ether oxygens (including phenoxy) is 1. The van der Waals surface area contributed by atoms with E-state index in [0.29, 0.717) is 27.9 Å². The average molecular weight is 407 g/mol. The highest BCUT2D eigenvalue weighted by atomic mass is 35.5. The second kappa shape index (κ2) is 7.66. The van der Waals surface area contributed by atoms with Crippen molar-refractivity contribution in [1.29, 1.82) is 0 Å². The summed E-state index contributed by atoms with van der Waals surface area (Å²) in [4.78, 5) is 19.8. The topological polar surface area (TPSA) is 80.5 Å². The second-order valence-electron chi connectivity index (χ2n) is 7.23. The van der Waals surface area contributed by atoms with Gasteiger partial charge < -0.3 is 20.7 Å². The van der Waals surface area contributed by atoms with Crippen molar-refractivity contribution in [3.05, 3.63) is 38.8 Å². The number of rotatable bonds is 5. The summed E-state index contributed by atoms with van der Waals surface area (Å²) in [7, 11) is 0. The van der Waals surface area contributed by atoms with Crippen LogP contribution in [0.25, 0.3) is 0 Å². The van der Waals surface area contributed by atoms with Crippen LogP contribution in [0, 0.1) is 12.8 Å². The smallest absolute Gasteiger partial charge is 0.255 e. The van der Waals surface area contributed by atoms with Gasteiger partial charge in [0.25, 0.3) is 5.91 Å². The molecule has 144 valence electrons. The van der Waals surface area contributed by atoms with Gasteiger partial charge in [-0.05, 0) is 44.8 Å². The largest absolute Gasteiger partial charge is 0.486 e. The number of benzene rings is 1. The predicted molar refractivity (Wildman–Crippen MR) is 107 cm³/mol. The number of hydrogen-bond acceptors (Lipinski definition) is 6. The van der Waals surface area contributed by atoms with Crippen LogP contribution in [-0.2, 0) is 6.61 Å². The van der Waals surface area contributed by atoms with Crippen molar-refractivity contribution in [2.24, 2.45) is 5.92 Å². The van der Waals surface area contributed by atoms with Crippen LogP contribution in [0.2, 0.25) is 5.02 Å². The average Bonchev–Trinajstić information content (AvgIpc) is 3.08. The van der Waals surface area contributed by atoms with Crippen molar-refractivity contribution in [3.8, 4) is 5.75 Å². The minimum absolute atomic E-state index is 0.167. The molecule has 1 atom stereocenters. The van der Waals surface area contributed by atoms with Gasteiger partial charge in [0.1, 0.15) is 12.4 Å². The molecule has 1 aromatic carbocycles. The molecule has 3 aliphatic heterocycles. The molecule has 3 N–H and O–H groups in total. The summed E-state index contributed by atoms with van der Waals surface area (Å²) in [5.74, 6) is 0.812. The highest BCUT2D eigenvalue weighted by Crippen LogP contribution is 2.31. The number of nitrogens with zero attached hydrogens (tertiary/aromatic N) is 2. The molecule has 1 aromatic heterocycles. The Morgan fingerprint density at radius 3 is 2.85 bits per heavy atom. The summed E-state index contributed by atoms with van der Waals surface area (Å²) in [6.45, 7) is 5.40. The maximum Gasteiger partial charge on any atom is 0.255 e. The Kier molecular flexibility index (Phi) is 5.25. The lowest BCUT2D eigenvalue weighted by Gasteiger charge is -2.44. The number of anilines is 1. The van der Waals surface area contributed by atoms with E-state index in [1.165, 1.54) is 0 Å². The number of fused-ring (bicyclic) bond motifs is 3. The fourth-order valence-electron chi connectivity index (χ4n) is 3.87. The molecule has 6 nitrogen and oxygen atoms in total. The van der Waals surface area contributed by atoms with Crippen LogP contribution in [-0.4, -0.2) is 41.5 Å². The van der Waals surface area contributed by atoms with Gasteiger partial charge in [0.2, 0.25) is 0 Å². The molecular formula is C19H23ClN4O2S. The number of carbonyl (C=O) groups is 1. The third-order valence-electron chi connectivity index (χ3n) is 5.36. The van der Waals surface area contributed by atoms with Crippen LogP contribution in [0.15, 0.2) is 17.5 Å². The van der Waals surface area contributed by atoms with E-state index in [-0.39, 0.29) is 18.6 Å². The highest BCUT2D eigenvalue weighted by Gasteiger charge is 2.35. The molecule has 3 saturated heterocycles. The minimum atomic E-state index is -0.167. The molecule has 27 heavy (non-hydrogen) atoms. The van der Waals surface area contributed by atoms with Crippen molar-refractivity contribution < 1.29 is 9.53 Å². The maximum atomic E-state index is 13.0. The number of aryl methyl sites for hydroxylation is 1. The zero-order chi connectivity index (χ0) is 19.0. The fraction of sp³-hybridized carbons (Fsp3) is 0.474. The first kappa shape index (κ1) is 18.5. The number of aromatic nitrogens is 1. The number of nitrogen functional groups attached to an aromatic ring is 1. The molecule has 1 amide bonds. The minimum Gasteiger partial charge on any atom is -0.486 e. The predicted octanol–water partition coefficient (Wildman–Crippen LogP) is 3.09. The monoisotopic (exact) mass is 406 g/mol. The first-order valence-corrected chi connectivity index (χ1v) is 10.4. The van der Waals surface area contributed by atoms with Crippen molar-refractivity contribution in [2.45, 2.75) is 32.4 Å². The summed E-state index contributed by atoms with van der Waals surface area (Å²) in [6.07, 6.45) is 2.28. The molecule has 5 rings (SSSR count). The summed E-state index contributed by atoms with van der Waals surface area (Å²) < 4.78 is 5.88. The summed E-state index contributed by atoms with van der Waals surface area (Å²) >= 11 is 7.74. The van der Waals surface area contributed by atoms with E-state index in [1.54, 1.807) is 23.5 Å². The second-order valence-corrected chi connectivity index (χ2v) is 8.70. The first-order valence-electron chi connectivity index (χ1n) is 9.15. The van der Waals surface area contributed by atoms with E-state index in [0.717, 1.165) is 43.2 Å². The normalized spacial score (nSPS) is 24.0.